The van der Waals surface area contributed by atoms with Gasteiger partial charge in [0.15, 0.2) is 5.78 Å². The molecule has 0 amide bonds. The molecule has 2 N–H and O–H groups in total. The number of carbonyl (C=O) groups excluding carboxylic acids is 1. The molecular weight excluding hydrogens is 312 g/mol. The highest BCUT2D eigenvalue weighted by Crippen LogP contribution is 2.38. The van der Waals surface area contributed by atoms with Crippen molar-refractivity contribution in [1.29, 1.82) is 0 Å². The third-order valence-electron chi connectivity index (χ3n) is 6.19. The lowest BCUT2D eigenvalue weighted by molar-refractivity contribution is 0.0505. The smallest absolute Gasteiger partial charge is 0.183 e. The number of hydrogen-bond acceptors (Lipinski definition) is 5. The Bertz CT molecular complexity index is 582. The van der Waals surface area contributed by atoms with Gasteiger partial charge in [0, 0.05) is 63.6 Å². The van der Waals surface area contributed by atoms with Gasteiger partial charge in [-0.2, -0.15) is 0 Å². The van der Waals surface area contributed by atoms with E-state index in [-0.39, 0.29) is 5.54 Å². The quantitative estimate of drug-likeness (QED) is 0.812. The van der Waals surface area contributed by atoms with Crippen molar-refractivity contribution < 1.29 is 4.79 Å². The molecular formula is C20H30N4O. The summed E-state index contributed by atoms with van der Waals surface area (Å²) < 4.78 is 0. The number of Topliss-reactive ketones (excluding diaryl/α,β-unsaturated/α-hetero) is 1. The van der Waals surface area contributed by atoms with Crippen LogP contribution in [0.2, 0.25) is 0 Å². The zero-order chi connectivity index (χ0) is 17.1. The first kappa shape index (κ1) is 17.0. The van der Waals surface area contributed by atoms with E-state index in [9.17, 15) is 4.79 Å². The van der Waals surface area contributed by atoms with Crippen LogP contribution in [0.1, 0.15) is 36.0 Å². The fourth-order valence-electron chi connectivity index (χ4n) is 4.75. The Kier molecular flexibility index (Phi) is 5.06. The molecule has 4 rings (SSSR count). The maximum Gasteiger partial charge on any atom is 0.183 e. The molecule has 0 unspecified atom stereocenters. The van der Waals surface area contributed by atoms with Gasteiger partial charge in [-0.15, -0.1) is 0 Å². The number of nitrogens with one attached hydrogen (secondary N) is 2. The standard InChI is InChI=1S/C20H30N4O/c25-19(20(7-1-2-8-20)24-15-11-22-12-16-24)17-3-5-18(6-4-17)23-13-9-21-10-14-23/h3-6,21-22H,1-2,7-16H2. The van der Waals surface area contributed by atoms with Gasteiger partial charge in [-0.3, -0.25) is 9.69 Å². The molecule has 0 atom stereocenters. The zero-order valence-electron chi connectivity index (χ0n) is 15.1. The Labute approximate surface area is 150 Å². The van der Waals surface area contributed by atoms with E-state index in [1.807, 2.05) is 0 Å². The molecule has 2 heterocycles. The monoisotopic (exact) mass is 342 g/mol. The van der Waals surface area contributed by atoms with Crippen LogP contribution in [0, 0.1) is 0 Å². The highest BCUT2D eigenvalue weighted by Gasteiger charge is 2.46. The number of benzene rings is 1. The van der Waals surface area contributed by atoms with Gasteiger partial charge in [0.1, 0.15) is 0 Å². The minimum absolute atomic E-state index is 0.251. The summed E-state index contributed by atoms with van der Waals surface area (Å²) in [6.07, 6.45) is 4.39. The normalized spacial score (nSPS) is 24.4. The fourth-order valence-corrected chi connectivity index (χ4v) is 4.75. The van der Waals surface area contributed by atoms with E-state index in [0.717, 1.165) is 70.8 Å². The number of hydrogen-bond donors (Lipinski definition) is 2. The van der Waals surface area contributed by atoms with Crippen molar-refractivity contribution >= 4 is 11.5 Å². The third kappa shape index (κ3) is 3.33. The second-order valence-corrected chi connectivity index (χ2v) is 7.59. The van der Waals surface area contributed by atoms with Gasteiger partial charge in [-0.25, -0.2) is 0 Å². The summed E-state index contributed by atoms with van der Waals surface area (Å²) in [6, 6.07) is 8.39. The molecule has 1 aromatic carbocycles. The van der Waals surface area contributed by atoms with E-state index in [1.54, 1.807) is 0 Å². The van der Waals surface area contributed by atoms with Gasteiger partial charge in [-0.1, -0.05) is 12.8 Å². The van der Waals surface area contributed by atoms with E-state index in [4.69, 9.17) is 0 Å². The summed E-state index contributed by atoms with van der Waals surface area (Å²) >= 11 is 0. The van der Waals surface area contributed by atoms with Crippen LogP contribution in [0.15, 0.2) is 24.3 Å². The largest absolute Gasteiger partial charge is 0.369 e. The molecule has 1 saturated carbocycles. The minimum Gasteiger partial charge on any atom is -0.369 e. The average molecular weight is 342 g/mol. The Morgan fingerprint density at radius 2 is 1.40 bits per heavy atom. The molecule has 0 spiro atoms. The lowest BCUT2D eigenvalue weighted by Gasteiger charge is -2.42. The molecule has 3 fully saturated rings. The van der Waals surface area contributed by atoms with E-state index < -0.39 is 0 Å². The molecule has 5 nitrogen and oxygen atoms in total. The van der Waals surface area contributed by atoms with Crippen LogP contribution in [-0.4, -0.2) is 68.6 Å². The Hall–Kier alpha value is -1.43. The minimum atomic E-state index is -0.251. The second kappa shape index (κ2) is 7.44. The molecule has 2 aliphatic heterocycles. The maximum atomic E-state index is 13.5. The summed E-state index contributed by atoms with van der Waals surface area (Å²) in [7, 11) is 0. The van der Waals surface area contributed by atoms with Crippen LogP contribution in [0.25, 0.3) is 0 Å². The predicted octanol–water partition coefficient (Wildman–Crippen LogP) is 1.50. The first-order valence-electron chi connectivity index (χ1n) is 9.86. The molecule has 0 aromatic heterocycles. The molecule has 2 saturated heterocycles. The number of carbonyl (C=O) groups is 1. The van der Waals surface area contributed by atoms with Crippen LogP contribution >= 0.6 is 0 Å². The predicted molar refractivity (Wildman–Crippen MR) is 101 cm³/mol. The highest BCUT2D eigenvalue weighted by atomic mass is 16.1. The summed E-state index contributed by atoms with van der Waals surface area (Å²) in [4.78, 5) is 18.3. The van der Waals surface area contributed by atoms with Crippen molar-refractivity contribution in [2.24, 2.45) is 0 Å². The van der Waals surface area contributed by atoms with Gasteiger partial charge in [-0.05, 0) is 37.1 Å². The van der Waals surface area contributed by atoms with E-state index in [0.29, 0.717) is 5.78 Å². The van der Waals surface area contributed by atoms with E-state index >= 15 is 0 Å². The lowest BCUT2D eigenvalue weighted by atomic mass is 9.85. The lowest BCUT2D eigenvalue weighted by Crippen LogP contribution is -2.58. The summed E-state index contributed by atoms with van der Waals surface area (Å²) in [5, 5.41) is 6.80. The fraction of sp³-hybridized carbons (Fsp3) is 0.650. The van der Waals surface area contributed by atoms with Crippen LogP contribution < -0.4 is 15.5 Å². The molecule has 25 heavy (non-hydrogen) atoms. The second-order valence-electron chi connectivity index (χ2n) is 7.59. The van der Waals surface area contributed by atoms with Gasteiger partial charge in [0.05, 0.1) is 5.54 Å². The van der Waals surface area contributed by atoms with Gasteiger partial charge in [0.2, 0.25) is 0 Å². The van der Waals surface area contributed by atoms with Crippen LogP contribution in [0.5, 0.6) is 0 Å². The van der Waals surface area contributed by atoms with E-state index in [2.05, 4.69) is 44.7 Å². The molecule has 0 radical (unpaired) electrons. The Balaban J connectivity index is 1.53. The number of ketones is 1. The van der Waals surface area contributed by atoms with Gasteiger partial charge in [0.25, 0.3) is 0 Å². The number of nitrogens with zero attached hydrogens (tertiary/aromatic N) is 2. The topological polar surface area (TPSA) is 47.6 Å². The number of rotatable bonds is 4. The van der Waals surface area contributed by atoms with Crippen molar-refractivity contribution in [1.82, 2.24) is 15.5 Å². The number of anilines is 1. The molecule has 1 aliphatic carbocycles. The first-order chi connectivity index (χ1) is 12.3. The molecule has 136 valence electrons. The van der Waals surface area contributed by atoms with Crippen LogP contribution in [0.3, 0.4) is 0 Å². The molecule has 5 heteroatoms. The van der Waals surface area contributed by atoms with Gasteiger partial charge < -0.3 is 15.5 Å². The molecule has 0 bridgehead atoms. The van der Waals surface area contributed by atoms with Crippen molar-refractivity contribution in [2.75, 3.05) is 57.3 Å². The first-order valence-corrected chi connectivity index (χ1v) is 9.86. The van der Waals surface area contributed by atoms with Crippen molar-refractivity contribution in [3.8, 4) is 0 Å². The molecule has 3 aliphatic rings. The summed E-state index contributed by atoms with van der Waals surface area (Å²) in [6.45, 7) is 8.12. The Morgan fingerprint density at radius 3 is 2.00 bits per heavy atom. The summed E-state index contributed by atoms with van der Waals surface area (Å²) in [5.41, 5.74) is 1.87. The van der Waals surface area contributed by atoms with Crippen LogP contribution in [-0.2, 0) is 0 Å². The van der Waals surface area contributed by atoms with Crippen molar-refractivity contribution in [3.63, 3.8) is 0 Å². The molecule has 1 aromatic rings. The van der Waals surface area contributed by atoms with E-state index in [1.165, 1.54) is 18.5 Å². The third-order valence-corrected chi connectivity index (χ3v) is 6.19. The average Bonchev–Trinajstić information content (AvgIpc) is 3.20. The van der Waals surface area contributed by atoms with Crippen molar-refractivity contribution in [2.45, 2.75) is 31.2 Å². The number of piperazine rings is 2. The van der Waals surface area contributed by atoms with Crippen LogP contribution in [0.4, 0.5) is 5.69 Å². The highest BCUT2D eigenvalue weighted by molar-refractivity contribution is 6.03. The van der Waals surface area contributed by atoms with Gasteiger partial charge >= 0.3 is 0 Å². The SMILES string of the molecule is O=C(c1ccc(N2CCNCC2)cc1)C1(N2CCNCC2)CCCC1. The summed E-state index contributed by atoms with van der Waals surface area (Å²) in [5.74, 6) is 0.346. The zero-order valence-corrected chi connectivity index (χ0v) is 15.1. The Morgan fingerprint density at radius 1 is 0.840 bits per heavy atom. The van der Waals surface area contributed by atoms with Crippen molar-refractivity contribution in [3.05, 3.63) is 29.8 Å². The maximum absolute atomic E-state index is 13.5.